The molecule has 1 amide bonds. The number of hydrogen-bond donors (Lipinski definition) is 1. The van der Waals surface area contributed by atoms with Crippen molar-refractivity contribution in [3.8, 4) is 0 Å². The first kappa shape index (κ1) is 20.0. The number of rotatable bonds is 4. The third-order valence-electron chi connectivity index (χ3n) is 5.95. The molecule has 1 atom stereocenters. The van der Waals surface area contributed by atoms with Gasteiger partial charge in [0.1, 0.15) is 5.82 Å². The molecular formula is C21H24ClFN4O2. The zero-order valence-corrected chi connectivity index (χ0v) is 17.1. The number of hydrogen-bond acceptors (Lipinski definition) is 5. The number of aromatic nitrogens is 2. The van der Waals surface area contributed by atoms with Crippen LogP contribution in [0, 0.1) is 11.2 Å². The van der Waals surface area contributed by atoms with Gasteiger partial charge in [-0.2, -0.15) is 0 Å². The SMILES string of the molecule is C[C@H](Nc1ncc(C(=O)N2CCC3(CCOCC3)C2)cn1)c1ccc(F)cc1Cl. The number of carbonyl (C=O) groups excluding carboxylic acids is 1. The Morgan fingerprint density at radius 1 is 1.28 bits per heavy atom. The highest BCUT2D eigenvalue weighted by atomic mass is 35.5. The van der Waals surface area contributed by atoms with Gasteiger partial charge in [-0.1, -0.05) is 17.7 Å². The van der Waals surface area contributed by atoms with Gasteiger partial charge < -0.3 is 15.0 Å². The summed E-state index contributed by atoms with van der Waals surface area (Å²) in [6, 6.07) is 4.06. The van der Waals surface area contributed by atoms with Crippen molar-refractivity contribution in [2.24, 2.45) is 5.41 Å². The van der Waals surface area contributed by atoms with Crippen molar-refractivity contribution in [3.63, 3.8) is 0 Å². The number of likely N-dealkylation sites (tertiary alicyclic amines) is 1. The summed E-state index contributed by atoms with van der Waals surface area (Å²) in [5, 5.41) is 3.47. The predicted octanol–water partition coefficient (Wildman–Crippen LogP) is 4.08. The van der Waals surface area contributed by atoms with Crippen LogP contribution in [0.1, 0.15) is 48.1 Å². The van der Waals surface area contributed by atoms with Gasteiger partial charge in [-0.25, -0.2) is 14.4 Å². The van der Waals surface area contributed by atoms with Crippen molar-refractivity contribution in [3.05, 3.63) is 52.6 Å². The first-order valence-corrected chi connectivity index (χ1v) is 10.2. The lowest BCUT2D eigenvalue weighted by Gasteiger charge is -2.33. The van der Waals surface area contributed by atoms with E-state index < -0.39 is 0 Å². The average Bonchev–Trinajstić information content (AvgIpc) is 3.11. The largest absolute Gasteiger partial charge is 0.381 e. The molecule has 0 unspecified atom stereocenters. The van der Waals surface area contributed by atoms with Crippen LogP contribution in [0.2, 0.25) is 5.02 Å². The summed E-state index contributed by atoms with van der Waals surface area (Å²) in [6.07, 6.45) is 6.15. The van der Waals surface area contributed by atoms with Gasteiger partial charge in [0.15, 0.2) is 0 Å². The summed E-state index contributed by atoms with van der Waals surface area (Å²) in [7, 11) is 0. The Balaban J connectivity index is 1.39. The van der Waals surface area contributed by atoms with E-state index in [0.717, 1.165) is 51.1 Å². The van der Waals surface area contributed by atoms with E-state index in [1.54, 1.807) is 18.5 Å². The van der Waals surface area contributed by atoms with E-state index >= 15 is 0 Å². The summed E-state index contributed by atoms with van der Waals surface area (Å²) >= 11 is 6.11. The van der Waals surface area contributed by atoms with E-state index in [1.165, 1.54) is 12.1 Å². The second kappa shape index (κ2) is 8.24. The number of amides is 1. The minimum Gasteiger partial charge on any atom is -0.381 e. The van der Waals surface area contributed by atoms with Crippen LogP contribution < -0.4 is 5.32 Å². The van der Waals surface area contributed by atoms with Crippen LogP contribution in [0.15, 0.2) is 30.6 Å². The highest BCUT2D eigenvalue weighted by molar-refractivity contribution is 6.31. The molecule has 0 radical (unpaired) electrons. The molecule has 1 spiro atoms. The van der Waals surface area contributed by atoms with Crippen LogP contribution in [-0.2, 0) is 4.74 Å². The molecule has 6 nitrogen and oxygen atoms in total. The fourth-order valence-corrected chi connectivity index (χ4v) is 4.47. The molecule has 29 heavy (non-hydrogen) atoms. The lowest BCUT2D eigenvalue weighted by Crippen LogP contribution is -2.35. The number of nitrogens with zero attached hydrogens (tertiary/aromatic N) is 3. The number of anilines is 1. The molecular weight excluding hydrogens is 395 g/mol. The summed E-state index contributed by atoms with van der Waals surface area (Å²) in [6.45, 7) is 4.98. The molecule has 3 heterocycles. The highest BCUT2D eigenvalue weighted by Crippen LogP contribution is 2.40. The van der Waals surface area contributed by atoms with Gasteiger partial charge in [-0.3, -0.25) is 4.79 Å². The Morgan fingerprint density at radius 3 is 2.69 bits per heavy atom. The van der Waals surface area contributed by atoms with E-state index in [0.29, 0.717) is 16.5 Å². The average molecular weight is 419 g/mol. The Bertz CT molecular complexity index is 887. The monoisotopic (exact) mass is 418 g/mol. The third-order valence-corrected chi connectivity index (χ3v) is 6.28. The fraction of sp³-hybridized carbons (Fsp3) is 0.476. The molecule has 2 fully saturated rings. The summed E-state index contributed by atoms with van der Waals surface area (Å²) in [5.41, 5.74) is 1.43. The minimum atomic E-state index is -0.380. The second-order valence-corrected chi connectivity index (χ2v) is 8.32. The van der Waals surface area contributed by atoms with Gasteiger partial charge in [0.05, 0.1) is 11.6 Å². The fourth-order valence-electron chi connectivity index (χ4n) is 4.14. The first-order chi connectivity index (χ1) is 14.0. The number of benzene rings is 1. The molecule has 2 aliphatic heterocycles. The quantitative estimate of drug-likeness (QED) is 0.810. The van der Waals surface area contributed by atoms with Crippen molar-refractivity contribution >= 4 is 23.5 Å². The van der Waals surface area contributed by atoms with Crippen LogP contribution in [0.3, 0.4) is 0 Å². The Hall–Kier alpha value is -2.25. The van der Waals surface area contributed by atoms with Crippen LogP contribution in [0.25, 0.3) is 0 Å². The number of ether oxygens (including phenoxy) is 1. The predicted molar refractivity (Wildman–Crippen MR) is 108 cm³/mol. The molecule has 0 bridgehead atoms. The second-order valence-electron chi connectivity index (χ2n) is 7.92. The Kier molecular flexibility index (Phi) is 5.69. The molecule has 2 aromatic rings. The zero-order valence-electron chi connectivity index (χ0n) is 16.3. The molecule has 2 saturated heterocycles. The zero-order chi connectivity index (χ0) is 20.4. The van der Waals surface area contributed by atoms with E-state index in [-0.39, 0.29) is 23.2 Å². The molecule has 1 N–H and O–H groups in total. The molecule has 1 aromatic carbocycles. The summed E-state index contributed by atoms with van der Waals surface area (Å²) in [5.74, 6) is -0.0270. The van der Waals surface area contributed by atoms with Crippen molar-refractivity contribution in [1.29, 1.82) is 0 Å². The topological polar surface area (TPSA) is 67.4 Å². The van der Waals surface area contributed by atoms with Gasteiger partial charge in [0.25, 0.3) is 5.91 Å². The Morgan fingerprint density at radius 2 is 2.00 bits per heavy atom. The number of carbonyl (C=O) groups is 1. The summed E-state index contributed by atoms with van der Waals surface area (Å²) < 4.78 is 18.7. The van der Waals surface area contributed by atoms with Gasteiger partial charge in [0.2, 0.25) is 5.95 Å². The molecule has 8 heteroatoms. The van der Waals surface area contributed by atoms with Crippen LogP contribution in [-0.4, -0.2) is 47.1 Å². The maximum Gasteiger partial charge on any atom is 0.257 e. The molecule has 0 saturated carbocycles. The van der Waals surface area contributed by atoms with Crippen LogP contribution in [0.5, 0.6) is 0 Å². The first-order valence-electron chi connectivity index (χ1n) is 9.86. The van der Waals surface area contributed by atoms with Crippen molar-refractivity contribution in [2.45, 2.75) is 32.2 Å². The summed E-state index contributed by atoms with van der Waals surface area (Å²) in [4.78, 5) is 23.3. The molecule has 4 rings (SSSR count). The maximum absolute atomic E-state index is 13.2. The van der Waals surface area contributed by atoms with Gasteiger partial charge in [-0.15, -0.1) is 0 Å². The number of halogens is 2. The smallest absolute Gasteiger partial charge is 0.257 e. The number of nitrogens with one attached hydrogen (secondary N) is 1. The lowest BCUT2D eigenvalue weighted by molar-refractivity contribution is 0.0191. The lowest BCUT2D eigenvalue weighted by atomic mass is 9.80. The van der Waals surface area contributed by atoms with E-state index in [9.17, 15) is 9.18 Å². The van der Waals surface area contributed by atoms with Crippen LogP contribution in [0.4, 0.5) is 10.3 Å². The van der Waals surface area contributed by atoms with Gasteiger partial charge >= 0.3 is 0 Å². The minimum absolute atomic E-state index is 0.0328. The molecule has 0 aliphatic carbocycles. The van der Waals surface area contributed by atoms with Crippen molar-refractivity contribution < 1.29 is 13.9 Å². The van der Waals surface area contributed by atoms with E-state index in [1.807, 2.05) is 11.8 Å². The molecule has 1 aromatic heterocycles. The van der Waals surface area contributed by atoms with E-state index in [4.69, 9.17) is 16.3 Å². The Labute approximate surface area is 174 Å². The van der Waals surface area contributed by atoms with Gasteiger partial charge in [-0.05, 0) is 49.3 Å². The van der Waals surface area contributed by atoms with Gasteiger partial charge in [0, 0.05) is 43.7 Å². The standard InChI is InChI=1S/C21H24ClFN4O2/c1-14(17-3-2-16(23)10-18(17)22)26-20-24-11-15(12-25-20)19(28)27-7-4-21(13-27)5-8-29-9-6-21/h2-3,10-12,14H,4-9,13H2,1H3,(H,24,25,26)/t14-/m0/s1. The van der Waals surface area contributed by atoms with E-state index in [2.05, 4.69) is 15.3 Å². The van der Waals surface area contributed by atoms with Crippen molar-refractivity contribution in [2.75, 3.05) is 31.6 Å². The third kappa shape index (κ3) is 4.36. The van der Waals surface area contributed by atoms with Crippen molar-refractivity contribution in [1.82, 2.24) is 14.9 Å². The van der Waals surface area contributed by atoms with Crippen LogP contribution >= 0.6 is 11.6 Å². The molecule has 154 valence electrons. The highest BCUT2D eigenvalue weighted by Gasteiger charge is 2.41. The molecule has 2 aliphatic rings. The maximum atomic E-state index is 13.2. The normalized spacial score (nSPS) is 19.3.